The van der Waals surface area contributed by atoms with Crippen LogP contribution in [0.25, 0.3) is 11.0 Å². The first-order valence-corrected chi connectivity index (χ1v) is 13.2. The van der Waals surface area contributed by atoms with Gasteiger partial charge in [0.1, 0.15) is 12.1 Å². The first kappa shape index (κ1) is 26.6. The molecule has 0 aliphatic rings. The maximum Gasteiger partial charge on any atom is 0.250 e. The molecule has 3 aromatic heterocycles. The molecule has 0 bridgehead atoms. The summed E-state index contributed by atoms with van der Waals surface area (Å²) in [5.41, 5.74) is 4.97. The third-order valence-electron chi connectivity index (χ3n) is 5.65. The van der Waals surface area contributed by atoms with Gasteiger partial charge in [-0.3, -0.25) is 4.79 Å². The van der Waals surface area contributed by atoms with E-state index in [2.05, 4.69) is 42.7 Å². The summed E-state index contributed by atoms with van der Waals surface area (Å²) in [6.07, 6.45) is 6.75. The van der Waals surface area contributed by atoms with Crippen LogP contribution in [-0.4, -0.2) is 64.5 Å². The minimum absolute atomic E-state index is 0.0969. The molecular weight excluding hydrogens is 532 g/mol. The zero-order valence-corrected chi connectivity index (χ0v) is 22.4. The van der Waals surface area contributed by atoms with Gasteiger partial charge >= 0.3 is 0 Å². The summed E-state index contributed by atoms with van der Waals surface area (Å²) >= 11 is 1.26. The van der Waals surface area contributed by atoms with Gasteiger partial charge < -0.3 is 14.0 Å². The Bertz CT molecular complexity index is 1630. The number of hydrazone groups is 1. The number of hydrogen-bond donors (Lipinski definition) is 1. The van der Waals surface area contributed by atoms with E-state index in [1.165, 1.54) is 18.0 Å². The van der Waals surface area contributed by atoms with Crippen molar-refractivity contribution in [1.82, 2.24) is 45.0 Å². The van der Waals surface area contributed by atoms with Crippen molar-refractivity contribution in [3.63, 3.8) is 0 Å². The molecule has 204 valence electrons. The largest absolute Gasteiger partial charge is 0.493 e. The fourth-order valence-electron chi connectivity index (χ4n) is 3.76. The lowest BCUT2D eigenvalue weighted by Crippen LogP contribution is -2.20. The number of nitrogens with one attached hydrogen (secondary N) is 1. The molecule has 3 heterocycles. The fourth-order valence-corrected chi connectivity index (χ4v) is 4.52. The summed E-state index contributed by atoms with van der Waals surface area (Å²) in [4.78, 5) is 12.5. The summed E-state index contributed by atoms with van der Waals surface area (Å²) in [6.45, 7) is 4.93. The van der Waals surface area contributed by atoms with Crippen molar-refractivity contribution in [2.45, 2.75) is 25.0 Å². The Balaban J connectivity index is 1.18. The van der Waals surface area contributed by atoms with Crippen LogP contribution in [0.3, 0.4) is 0 Å². The van der Waals surface area contributed by atoms with Gasteiger partial charge in [-0.25, -0.2) is 14.8 Å². The molecule has 0 fully saturated rings. The predicted molar refractivity (Wildman–Crippen MR) is 149 cm³/mol. The van der Waals surface area contributed by atoms with Crippen molar-refractivity contribution in [3.8, 4) is 11.5 Å². The van der Waals surface area contributed by atoms with Crippen LogP contribution < -0.4 is 14.9 Å². The van der Waals surface area contributed by atoms with Crippen LogP contribution in [0.2, 0.25) is 0 Å². The summed E-state index contributed by atoms with van der Waals surface area (Å²) < 4.78 is 16.5. The number of fused-ring (bicyclic) bond motifs is 1. The van der Waals surface area contributed by atoms with Crippen LogP contribution in [0.5, 0.6) is 11.5 Å². The second-order valence-electron chi connectivity index (χ2n) is 8.35. The molecule has 0 unspecified atom stereocenters. The van der Waals surface area contributed by atoms with E-state index in [4.69, 9.17) is 9.47 Å². The summed E-state index contributed by atoms with van der Waals surface area (Å²) in [6, 6.07) is 14.9. The van der Waals surface area contributed by atoms with Crippen molar-refractivity contribution in [3.05, 3.63) is 85.0 Å². The van der Waals surface area contributed by atoms with Gasteiger partial charge in [0.25, 0.3) is 5.91 Å². The molecule has 0 radical (unpaired) electrons. The molecule has 0 aliphatic carbocycles. The van der Waals surface area contributed by atoms with Crippen LogP contribution >= 0.6 is 11.8 Å². The quantitative estimate of drug-likeness (QED) is 0.1000. The fraction of sp³-hybridized carbons (Fsp3) is 0.192. The Morgan fingerprint density at radius 1 is 1.15 bits per heavy atom. The number of rotatable bonds is 13. The number of para-hydroxylation sites is 1. The molecule has 0 saturated carbocycles. The Kier molecular flexibility index (Phi) is 8.46. The lowest BCUT2D eigenvalue weighted by Gasteiger charge is -2.11. The zero-order valence-electron chi connectivity index (χ0n) is 21.6. The van der Waals surface area contributed by atoms with E-state index in [9.17, 15) is 4.79 Å². The minimum Gasteiger partial charge on any atom is -0.493 e. The number of amides is 1. The average Bonchev–Trinajstić information content (AvgIpc) is 3.73. The van der Waals surface area contributed by atoms with Gasteiger partial charge in [0.2, 0.25) is 0 Å². The average molecular weight is 559 g/mol. The summed E-state index contributed by atoms with van der Waals surface area (Å²) in [5, 5.41) is 25.8. The molecule has 5 rings (SSSR count). The van der Waals surface area contributed by atoms with E-state index in [1.807, 2.05) is 41.0 Å². The topological polar surface area (TPSA) is 139 Å². The number of aromatic nitrogens is 8. The van der Waals surface area contributed by atoms with Gasteiger partial charge in [-0.2, -0.15) is 10.2 Å². The van der Waals surface area contributed by atoms with Gasteiger partial charge in [-0.1, -0.05) is 35.2 Å². The molecule has 0 saturated heterocycles. The normalized spacial score (nSPS) is 11.2. The van der Waals surface area contributed by atoms with Gasteiger partial charge in [-0.15, -0.1) is 21.9 Å². The Morgan fingerprint density at radius 3 is 2.88 bits per heavy atom. The molecule has 14 heteroatoms. The first-order chi connectivity index (χ1) is 19.6. The van der Waals surface area contributed by atoms with Gasteiger partial charge in [-0.05, 0) is 42.0 Å². The van der Waals surface area contributed by atoms with Gasteiger partial charge in [0, 0.05) is 18.9 Å². The molecular formula is C26H26N10O3S. The molecule has 0 aliphatic heterocycles. The van der Waals surface area contributed by atoms with Gasteiger partial charge in [0.15, 0.2) is 29.2 Å². The van der Waals surface area contributed by atoms with Crippen molar-refractivity contribution in [2.24, 2.45) is 5.10 Å². The smallest absolute Gasteiger partial charge is 0.250 e. The highest BCUT2D eigenvalue weighted by atomic mass is 32.2. The SMILES string of the molecule is C=CCn1c(Cn2nnc3ccccc32)nnc1SCC(=O)N/N=C/c1ccc(OC)c(OCn2cccn2)c1. The number of nitrogens with zero attached hydrogens (tertiary/aromatic N) is 9. The maximum absolute atomic E-state index is 12.5. The minimum atomic E-state index is -0.290. The summed E-state index contributed by atoms with van der Waals surface area (Å²) in [5.74, 6) is 1.59. The monoisotopic (exact) mass is 558 g/mol. The Labute approximate surface area is 233 Å². The predicted octanol–water partition coefficient (Wildman–Crippen LogP) is 2.74. The Morgan fingerprint density at radius 2 is 2.05 bits per heavy atom. The third kappa shape index (κ3) is 6.35. The molecule has 1 amide bonds. The number of hydrogen-bond acceptors (Lipinski definition) is 10. The van der Waals surface area contributed by atoms with Crippen LogP contribution in [0.15, 0.2) is 83.8 Å². The molecule has 5 aromatic rings. The highest BCUT2D eigenvalue weighted by Gasteiger charge is 2.15. The van der Waals surface area contributed by atoms with E-state index in [-0.39, 0.29) is 18.4 Å². The first-order valence-electron chi connectivity index (χ1n) is 12.2. The van der Waals surface area contributed by atoms with Crippen molar-refractivity contribution in [1.29, 1.82) is 0 Å². The zero-order chi connectivity index (χ0) is 27.7. The molecule has 1 N–H and O–H groups in total. The van der Waals surface area contributed by atoms with Gasteiger partial charge in [0.05, 0.1) is 24.6 Å². The number of ether oxygens (including phenoxy) is 2. The van der Waals surface area contributed by atoms with E-state index >= 15 is 0 Å². The lowest BCUT2D eigenvalue weighted by molar-refractivity contribution is -0.118. The van der Waals surface area contributed by atoms with E-state index < -0.39 is 0 Å². The number of carbonyl (C=O) groups excluding carboxylic acids is 1. The number of thioether (sulfide) groups is 1. The van der Waals surface area contributed by atoms with E-state index in [0.717, 1.165) is 16.6 Å². The Hall–Kier alpha value is -4.98. The van der Waals surface area contributed by atoms with Crippen LogP contribution in [0.1, 0.15) is 11.4 Å². The molecule has 0 spiro atoms. The second kappa shape index (κ2) is 12.7. The highest BCUT2D eigenvalue weighted by molar-refractivity contribution is 7.99. The lowest BCUT2D eigenvalue weighted by atomic mass is 10.2. The van der Waals surface area contributed by atoms with E-state index in [1.54, 1.807) is 47.1 Å². The third-order valence-corrected chi connectivity index (χ3v) is 6.62. The number of methoxy groups -OCH3 is 1. The number of benzene rings is 2. The molecule has 13 nitrogen and oxygen atoms in total. The van der Waals surface area contributed by atoms with E-state index in [0.29, 0.717) is 35.6 Å². The van der Waals surface area contributed by atoms with Crippen molar-refractivity contribution < 1.29 is 14.3 Å². The molecule has 0 atom stereocenters. The number of allylic oxidation sites excluding steroid dienone is 1. The van der Waals surface area contributed by atoms with Crippen molar-refractivity contribution in [2.75, 3.05) is 12.9 Å². The van der Waals surface area contributed by atoms with Crippen LogP contribution in [0, 0.1) is 0 Å². The highest BCUT2D eigenvalue weighted by Crippen LogP contribution is 2.28. The second-order valence-corrected chi connectivity index (χ2v) is 9.29. The van der Waals surface area contributed by atoms with Crippen LogP contribution in [-0.2, 0) is 24.6 Å². The summed E-state index contributed by atoms with van der Waals surface area (Å²) in [7, 11) is 1.57. The standard InChI is InChI=1S/C26H26N10O3S/c1-3-12-35-24(16-36-21-8-5-4-7-20(21)29-33-36)30-32-26(35)40-17-25(37)31-27-15-19-9-10-22(38-2)23(14-19)39-18-34-13-6-11-28-34/h3-11,13-15H,1,12,16-18H2,2H3,(H,31,37)/b27-15+. The molecule has 2 aromatic carbocycles. The molecule has 40 heavy (non-hydrogen) atoms. The number of carbonyl (C=O) groups is 1. The van der Waals surface area contributed by atoms with Crippen molar-refractivity contribution >= 4 is 34.9 Å². The van der Waals surface area contributed by atoms with Crippen LogP contribution in [0.4, 0.5) is 0 Å². The maximum atomic E-state index is 12.5.